The van der Waals surface area contributed by atoms with Crippen molar-refractivity contribution < 1.29 is 23.8 Å². The maximum Gasteiger partial charge on any atom is 0.308 e. The van der Waals surface area contributed by atoms with Gasteiger partial charge in [-0.1, -0.05) is 6.07 Å². The van der Waals surface area contributed by atoms with Crippen molar-refractivity contribution in [3.8, 4) is 11.5 Å². The van der Waals surface area contributed by atoms with Crippen LogP contribution >= 0.6 is 0 Å². The number of carbonyl (C=O) groups excluding carboxylic acids is 2. The molecule has 1 aromatic rings. The minimum atomic E-state index is -0.152. The number of nitrogens with one attached hydrogen (secondary N) is 1. The van der Waals surface area contributed by atoms with Crippen LogP contribution in [0.25, 0.3) is 0 Å². The Morgan fingerprint density at radius 3 is 2.72 bits per heavy atom. The maximum absolute atomic E-state index is 12.3. The van der Waals surface area contributed by atoms with Crippen LogP contribution in [0.15, 0.2) is 18.2 Å². The highest BCUT2D eigenvalue weighted by Gasteiger charge is 2.26. The molecular weight excluding hydrogens is 324 g/mol. The van der Waals surface area contributed by atoms with Gasteiger partial charge in [0.05, 0.1) is 25.6 Å². The lowest BCUT2D eigenvalue weighted by Crippen LogP contribution is -2.43. The molecule has 7 nitrogen and oxygen atoms in total. The zero-order valence-electron chi connectivity index (χ0n) is 14.6. The van der Waals surface area contributed by atoms with Gasteiger partial charge in [-0.3, -0.25) is 14.5 Å². The number of ether oxygens (including phenoxy) is 3. The van der Waals surface area contributed by atoms with Gasteiger partial charge in [-0.2, -0.15) is 0 Å². The number of fused-ring (bicyclic) bond motifs is 1. The Kier molecular flexibility index (Phi) is 5.43. The molecule has 1 fully saturated rings. The number of likely N-dealkylation sites (tertiary alicyclic amines) is 1. The number of esters is 1. The van der Waals surface area contributed by atoms with Crippen LogP contribution in [-0.4, -0.2) is 50.3 Å². The molecule has 2 heterocycles. The normalized spacial score (nSPS) is 18.6. The second kappa shape index (κ2) is 7.74. The van der Waals surface area contributed by atoms with Crippen LogP contribution in [0.3, 0.4) is 0 Å². The standard InChI is InChI=1S/C18H24N2O5/c1-12(14-3-4-15-16(9-14)25-11-24-15)19-17(21)10-20-7-5-13(6-8-20)18(22)23-2/h3-4,9,12-13H,5-8,10-11H2,1-2H3,(H,19,21)/t12-/m0/s1. The molecule has 1 aromatic carbocycles. The first-order valence-electron chi connectivity index (χ1n) is 8.56. The summed E-state index contributed by atoms with van der Waals surface area (Å²) in [5, 5.41) is 3.01. The van der Waals surface area contributed by atoms with Gasteiger partial charge in [0.15, 0.2) is 11.5 Å². The molecule has 0 saturated carbocycles. The third-order valence-corrected chi connectivity index (χ3v) is 4.76. The number of benzene rings is 1. The molecular formula is C18H24N2O5. The number of hydrogen-bond donors (Lipinski definition) is 1. The number of methoxy groups -OCH3 is 1. The summed E-state index contributed by atoms with van der Waals surface area (Å²) in [5.74, 6) is 1.22. The third-order valence-electron chi connectivity index (χ3n) is 4.76. The highest BCUT2D eigenvalue weighted by Crippen LogP contribution is 2.34. The van der Waals surface area contributed by atoms with E-state index in [0.29, 0.717) is 12.3 Å². The van der Waals surface area contributed by atoms with Crippen molar-refractivity contribution in [1.82, 2.24) is 10.2 Å². The monoisotopic (exact) mass is 348 g/mol. The van der Waals surface area contributed by atoms with Crippen LogP contribution in [0.1, 0.15) is 31.4 Å². The van der Waals surface area contributed by atoms with E-state index in [4.69, 9.17) is 14.2 Å². The second-order valence-corrected chi connectivity index (χ2v) is 6.48. The van der Waals surface area contributed by atoms with E-state index in [-0.39, 0.29) is 30.6 Å². The molecule has 1 amide bonds. The van der Waals surface area contributed by atoms with Crippen molar-refractivity contribution in [3.05, 3.63) is 23.8 Å². The molecule has 25 heavy (non-hydrogen) atoms. The Morgan fingerprint density at radius 2 is 2.00 bits per heavy atom. The summed E-state index contributed by atoms with van der Waals surface area (Å²) in [7, 11) is 1.42. The van der Waals surface area contributed by atoms with Crippen LogP contribution in [-0.2, 0) is 14.3 Å². The first-order valence-corrected chi connectivity index (χ1v) is 8.56. The average molecular weight is 348 g/mol. The van der Waals surface area contributed by atoms with Crippen LogP contribution in [0.4, 0.5) is 0 Å². The SMILES string of the molecule is COC(=O)C1CCN(CC(=O)N[C@@H](C)c2ccc3c(c2)OCO3)CC1. The van der Waals surface area contributed by atoms with Crippen LogP contribution in [0.2, 0.25) is 0 Å². The first-order chi connectivity index (χ1) is 12.1. The summed E-state index contributed by atoms with van der Waals surface area (Å²) in [6.07, 6.45) is 1.47. The van der Waals surface area contributed by atoms with Crippen molar-refractivity contribution in [2.45, 2.75) is 25.8 Å². The fourth-order valence-corrected chi connectivity index (χ4v) is 3.25. The van der Waals surface area contributed by atoms with Crippen molar-refractivity contribution in [3.63, 3.8) is 0 Å². The van der Waals surface area contributed by atoms with Crippen molar-refractivity contribution in [2.75, 3.05) is 33.5 Å². The van der Waals surface area contributed by atoms with E-state index >= 15 is 0 Å². The number of carbonyl (C=O) groups is 2. The van der Waals surface area contributed by atoms with E-state index in [1.165, 1.54) is 7.11 Å². The predicted molar refractivity (Wildman–Crippen MR) is 90.3 cm³/mol. The fourth-order valence-electron chi connectivity index (χ4n) is 3.25. The van der Waals surface area contributed by atoms with Gasteiger partial charge in [0.2, 0.25) is 12.7 Å². The highest BCUT2D eigenvalue weighted by atomic mass is 16.7. The van der Waals surface area contributed by atoms with Crippen LogP contribution < -0.4 is 14.8 Å². The van der Waals surface area contributed by atoms with E-state index in [1.807, 2.05) is 25.1 Å². The fraction of sp³-hybridized carbons (Fsp3) is 0.556. The van der Waals surface area contributed by atoms with Crippen molar-refractivity contribution in [1.29, 1.82) is 0 Å². The van der Waals surface area contributed by atoms with E-state index in [1.54, 1.807) is 0 Å². The summed E-state index contributed by atoms with van der Waals surface area (Å²) < 4.78 is 15.5. The smallest absolute Gasteiger partial charge is 0.308 e. The summed E-state index contributed by atoms with van der Waals surface area (Å²) >= 11 is 0. The van der Waals surface area contributed by atoms with Gasteiger partial charge in [0, 0.05) is 0 Å². The lowest BCUT2D eigenvalue weighted by atomic mass is 9.97. The molecule has 0 aromatic heterocycles. The predicted octanol–water partition coefficient (Wildman–Crippen LogP) is 1.48. The Bertz CT molecular complexity index is 640. The van der Waals surface area contributed by atoms with Gasteiger partial charge in [-0.15, -0.1) is 0 Å². The van der Waals surface area contributed by atoms with E-state index in [0.717, 1.165) is 37.2 Å². The molecule has 0 aliphatic carbocycles. The molecule has 0 radical (unpaired) electrons. The molecule has 1 atom stereocenters. The highest BCUT2D eigenvalue weighted by molar-refractivity contribution is 5.78. The minimum Gasteiger partial charge on any atom is -0.469 e. The summed E-state index contributed by atoms with van der Waals surface area (Å²) in [5.41, 5.74) is 0.974. The zero-order chi connectivity index (χ0) is 17.8. The van der Waals surface area contributed by atoms with Gasteiger partial charge < -0.3 is 19.5 Å². The number of amides is 1. The Morgan fingerprint density at radius 1 is 1.28 bits per heavy atom. The quantitative estimate of drug-likeness (QED) is 0.812. The number of nitrogens with zero attached hydrogens (tertiary/aromatic N) is 1. The van der Waals surface area contributed by atoms with Gasteiger partial charge in [-0.05, 0) is 50.6 Å². The molecule has 3 rings (SSSR count). The van der Waals surface area contributed by atoms with Crippen LogP contribution in [0, 0.1) is 5.92 Å². The first kappa shape index (κ1) is 17.5. The lowest BCUT2D eigenvalue weighted by Gasteiger charge is -2.30. The van der Waals surface area contributed by atoms with Crippen molar-refractivity contribution >= 4 is 11.9 Å². The third kappa shape index (κ3) is 4.22. The molecule has 0 bridgehead atoms. The molecule has 0 spiro atoms. The van der Waals surface area contributed by atoms with E-state index in [9.17, 15) is 9.59 Å². The second-order valence-electron chi connectivity index (χ2n) is 6.48. The van der Waals surface area contributed by atoms with Gasteiger partial charge in [0.25, 0.3) is 0 Å². The summed E-state index contributed by atoms with van der Waals surface area (Å²) in [4.78, 5) is 25.9. The van der Waals surface area contributed by atoms with Gasteiger partial charge in [-0.25, -0.2) is 0 Å². The van der Waals surface area contributed by atoms with E-state index in [2.05, 4.69) is 10.2 Å². The molecule has 136 valence electrons. The number of hydrogen-bond acceptors (Lipinski definition) is 6. The average Bonchev–Trinajstić information content (AvgIpc) is 3.09. The topological polar surface area (TPSA) is 77.1 Å². The zero-order valence-corrected chi connectivity index (χ0v) is 14.6. The minimum absolute atomic E-state index is 0.0262. The van der Waals surface area contributed by atoms with Gasteiger partial charge >= 0.3 is 5.97 Å². The van der Waals surface area contributed by atoms with E-state index < -0.39 is 0 Å². The Balaban J connectivity index is 1.47. The maximum atomic E-state index is 12.3. The lowest BCUT2D eigenvalue weighted by molar-refractivity contribution is -0.147. The molecule has 1 saturated heterocycles. The molecule has 7 heteroatoms. The summed E-state index contributed by atoms with van der Waals surface area (Å²) in [6.45, 7) is 3.97. The summed E-state index contributed by atoms with van der Waals surface area (Å²) in [6, 6.07) is 5.57. The molecule has 0 unspecified atom stereocenters. The Hall–Kier alpha value is -2.28. The molecule has 1 N–H and O–H groups in total. The van der Waals surface area contributed by atoms with Crippen molar-refractivity contribution in [2.24, 2.45) is 5.92 Å². The Labute approximate surface area is 147 Å². The van der Waals surface area contributed by atoms with Crippen LogP contribution in [0.5, 0.6) is 11.5 Å². The number of piperidine rings is 1. The molecule has 2 aliphatic rings. The largest absolute Gasteiger partial charge is 0.469 e. The number of rotatable bonds is 5. The van der Waals surface area contributed by atoms with Gasteiger partial charge in [0.1, 0.15) is 0 Å². The molecule has 2 aliphatic heterocycles.